The molecule has 5 aromatic carbocycles. The third kappa shape index (κ3) is 3.54. The highest BCUT2D eigenvalue weighted by molar-refractivity contribution is 7.19. The minimum atomic E-state index is 0.902. The van der Waals surface area contributed by atoms with Crippen molar-refractivity contribution in [3.8, 4) is 22.4 Å². The summed E-state index contributed by atoms with van der Waals surface area (Å²) in [6.45, 7) is 4.30. The molecule has 0 aliphatic heterocycles. The Morgan fingerprint density at radius 2 is 1.44 bits per heavy atom. The lowest BCUT2D eigenvalue weighted by molar-refractivity contribution is 1.02. The SMILES string of the molecule is Cc1ccc2c(c1)c1cc(C)ccc1c1nc(-c3ccccc3-c3ccc4sc5c(c4c3)C=CCC5)cnc21. The van der Waals surface area contributed by atoms with Crippen LogP contribution in [0.4, 0.5) is 0 Å². The van der Waals surface area contributed by atoms with Gasteiger partial charge in [0.05, 0.1) is 22.9 Å². The zero-order valence-electron chi connectivity index (χ0n) is 22.0. The molecular weight excluding hydrogens is 492 g/mol. The number of benzene rings is 5. The molecule has 7 aromatic rings. The Kier molecular flexibility index (Phi) is 4.98. The summed E-state index contributed by atoms with van der Waals surface area (Å²) in [4.78, 5) is 11.9. The molecule has 0 saturated carbocycles. The smallest absolute Gasteiger partial charge is 0.0979 e. The van der Waals surface area contributed by atoms with E-state index in [0.717, 1.165) is 45.9 Å². The zero-order valence-corrected chi connectivity index (χ0v) is 22.8. The van der Waals surface area contributed by atoms with Crippen molar-refractivity contribution in [2.75, 3.05) is 0 Å². The molecule has 0 atom stereocenters. The van der Waals surface area contributed by atoms with Gasteiger partial charge in [0.15, 0.2) is 0 Å². The van der Waals surface area contributed by atoms with Gasteiger partial charge >= 0.3 is 0 Å². The Labute approximate surface area is 231 Å². The highest BCUT2D eigenvalue weighted by Crippen LogP contribution is 2.40. The fourth-order valence-corrected chi connectivity index (χ4v) is 7.34. The first-order valence-corrected chi connectivity index (χ1v) is 14.4. The molecular formula is C36H26N2S. The van der Waals surface area contributed by atoms with Crippen molar-refractivity contribution in [2.45, 2.75) is 26.7 Å². The monoisotopic (exact) mass is 518 g/mol. The summed E-state index contributed by atoms with van der Waals surface area (Å²) in [6.07, 6.45) is 8.84. The van der Waals surface area contributed by atoms with Crippen LogP contribution < -0.4 is 0 Å². The van der Waals surface area contributed by atoms with Crippen molar-refractivity contribution in [1.29, 1.82) is 0 Å². The lowest BCUT2D eigenvalue weighted by atomic mass is 9.94. The maximum absolute atomic E-state index is 5.31. The van der Waals surface area contributed by atoms with Crippen LogP contribution in [-0.2, 0) is 6.42 Å². The van der Waals surface area contributed by atoms with Crippen LogP contribution in [0, 0.1) is 13.8 Å². The van der Waals surface area contributed by atoms with Crippen molar-refractivity contribution in [1.82, 2.24) is 9.97 Å². The normalized spacial score (nSPS) is 13.1. The average Bonchev–Trinajstić information content (AvgIpc) is 3.35. The first-order valence-electron chi connectivity index (χ1n) is 13.6. The molecule has 3 heteroatoms. The van der Waals surface area contributed by atoms with Gasteiger partial charge in [-0.2, -0.15) is 0 Å². The predicted octanol–water partition coefficient (Wildman–Crippen LogP) is 10.1. The van der Waals surface area contributed by atoms with Crippen LogP contribution in [0.15, 0.2) is 91.1 Å². The third-order valence-corrected chi connectivity index (χ3v) is 9.31. The number of hydrogen-bond acceptors (Lipinski definition) is 3. The number of thiophene rings is 1. The summed E-state index contributed by atoms with van der Waals surface area (Å²) in [7, 11) is 0. The summed E-state index contributed by atoms with van der Waals surface area (Å²) in [5, 5.41) is 6.14. The van der Waals surface area contributed by atoms with E-state index in [-0.39, 0.29) is 0 Å². The molecule has 2 aromatic heterocycles. The highest BCUT2D eigenvalue weighted by atomic mass is 32.1. The fraction of sp³-hybridized carbons (Fsp3) is 0.111. The first kappa shape index (κ1) is 22.6. The van der Waals surface area contributed by atoms with E-state index in [1.807, 2.05) is 17.5 Å². The van der Waals surface area contributed by atoms with Crippen molar-refractivity contribution in [3.05, 3.63) is 113 Å². The molecule has 1 aliphatic carbocycles. The number of nitrogens with zero attached hydrogens (tertiary/aromatic N) is 2. The molecule has 2 nitrogen and oxygen atoms in total. The molecule has 0 amide bonds. The Morgan fingerprint density at radius 1 is 0.692 bits per heavy atom. The van der Waals surface area contributed by atoms with Gasteiger partial charge in [-0.15, -0.1) is 11.3 Å². The van der Waals surface area contributed by atoms with Gasteiger partial charge in [-0.3, -0.25) is 4.98 Å². The van der Waals surface area contributed by atoms with Gasteiger partial charge in [0.2, 0.25) is 0 Å². The van der Waals surface area contributed by atoms with Crippen LogP contribution in [0.5, 0.6) is 0 Å². The molecule has 2 heterocycles. The summed E-state index contributed by atoms with van der Waals surface area (Å²) < 4.78 is 1.36. The van der Waals surface area contributed by atoms with Crippen LogP contribution in [-0.4, -0.2) is 9.97 Å². The van der Waals surface area contributed by atoms with Crippen LogP contribution in [0.1, 0.15) is 28.0 Å². The summed E-state index contributed by atoms with van der Waals surface area (Å²) >= 11 is 1.94. The van der Waals surface area contributed by atoms with E-state index in [0.29, 0.717) is 0 Å². The van der Waals surface area contributed by atoms with Crippen LogP contribution in [0.3, 0.4) is 0 Å². The second-order valence-corrected chi connectivity index (χ2v) is 11.8. The number of allylic oxidation sites excluding steroid dienone is 1. The zero-order chi connectivity index (χ0) is 26.1. The van der Waals surface area contributed by atoms with Gasteiger partial charge in [0.25, 0.3) is 0 Å². The van der Waals surface area contributed by atoms with Crippen LogP contribution in [0.2, 0.25) is 0 Å². The maximum atomic E-state index is 5.31. The van der Waals surface area contributed by atoms with Gasteiger partial charge in [0, 0.05) is 31.3 Å². The molecule has 0 bridgehead atoms. The topological polar surface area (TPSA) is 25.8 Å². The number of fused-ring (bicyclic) bond motifs is 9. The van der Waals surface area contributed by atoms with Gasteiger partial charge in [-0.1, -0.05) is 90.0 Å². The Balaban J connectivity index is 1.36. The Morgan fingerprint density at radius 3 is 2.23 bits per heavy atom. The van der Waals surface area contributed by atoms with E-state index in [9.17, 15) is 0 Å². The van der Waals surface area contributed by atoms with E-state index in [1.54, 1.807) is 0 Å². The summed E-state index contributed by atoms with van der Waals surface area (Å²) in [5.41, 5.74) is 10.2. The molecule has 0 spiro atoms. The van der Waals surface area contributed by atoms with Crippen molar-refractivity contribution in [2.24, 2.45) is 0 Å². The molecule has 0 N–H and O–H groups in total. The van der Waals surface area contributed by atoms with Crippen molar-refractivity contribution < 1.29 is 0 Å². The van der Waals surface area contributed by atoms with Gasteiger partial charge in [-0.05, 0) is 66.3 Å². The molecule has 186 valence electrons. The van der Waals surface area contributed by atoms with E-state index >= 15 is 0 Å². The minimum absolute atomic E-state index is 0.902. The molecule has 8 rings (SSSR count). The number of rotatable bonds is 2. The third-order valence-electron chi connectivity index (χ3n) is 8.06. The van der Waals surface area contributed by atoms with Crippen LogP contribution in [0.25, 0.3) is 71.1 Å². The number of aryl methyl sites for hydroxylation is 3. The molecule has 0 saturated heterocycles. The number of aromatic nitrogens is 2. The Hall–Kier alpha value is -4.34. The van der Waals surface area contributed by atoms with Gasteiger partial charge in [-0.25, -0.2) is 4.98 Å². The molecule has 0 radical (unpaired) electrons. The average molecular weight is 519 g/mol. The number of hydrogen-bond donors (Lipinski definition) is 0. The largest absolute Gasteiger partial charge is 0.252 e. The summed E-state index contributed by atoms with van der Waals surface area (Å²) in [6, 6.07) is 28.8. The predicted molar refractivity (Wildman–Crippen MR) is 168 cm³/mol. The van der Waals surface area contributed by atoms with E-state index in [4.69, 9.17) is 9.97 Å². The van der Waals surface area contributed by atoms with E-state index in [2.05, 4.69) is 105 Å². The first-order chi connectivity index (χ1) is 19.1. The molecule has 0 fully saturated rings. The van der Waals surface area contributed by atoms with E-state index < -0.39 is 0 Å². The second kappa shape index (κ2) is 8.59. The highest BCUT2D eigenvalue weighted by Gasteiger charge is 2.17. The van der Waals surface area contributed by atoms with Gasteiger partial charge < -0.3 is 0 Å². The summed E-state index contributed by atoms with van der Waals surface area (Å²) in [5.74, 6) is 0. The van der Waals surface area contributed by atoms with Crippen molar-refractivity contribution >= 4 is 60.1 Å². The quantitative estimate of drug-likeness (QED) is 0.213. The lowest BCUT2D eigenvalue weighted by Crippen LogP contribution is -1.94. The lowest BCUT2D eigenvalue weighted by Gasteiger charge is -2.14. The standard InChI is InChI=1S/C36H26N2S/c1-21-11-14-27-29(17-21)30-18-22(2)12-15-28(30)36-35(27)37-20-32(38-36)25-8-4-3-7-24(25)23-13-16-34-31(19-23)26-9-5-6-10-33(26)39-34/h3-5,7-9,11-20H,6,10H2,1-2H3. The maximum Gasteiger partial charge on any atom is 0.0979 e. The molecule has 1 aliphatic rings. The van der Waals surface area contributed by atoms with Gasteiger partial charge in [0.1, 0.15) is 0 Å². The second-order valence-electron chi connectivity index (χ2n) is 10.7. The molecule has 39 heavy (non-hydrogen) atoms. The molecule has 0 unspecified atom stereocenters. The Bertz CT molecular complexity index is 2150. The van der Waals surface area contributed by atoms with Crippen molar-refractivity contribution in [3.63, 3.8) is 0 Å². The van der Waals surface area contributed by atoms with Crippen LogP contribution >= 0.6 is 11.3 Å². The fourth-order valence-electron chi connectivity index (χ4n) is 6.16. The van der Waals surface area contributed by atoms with E-state index in [1.165, 1.54) is 53.6 Å². The minimum Gasteiger partial charge on any atom is -0.252 e.